The van der Waals surface area contributed by atoms with Gasteiger partial charge in [-0.25, -0.2) is 0 Å². The molecule has 1 N–H and O–H groups in total. The van der Waals surface area contributed by atoms with Crippen LogP contribution in [0.4, 0.5) is 5.13 Å². The standard InChI is InChI=1S/C17H10BrN3O4S/c18-10-5-3-9(4-6-10)13-12(14(22)11-2-1-7-25-11)15(23)16(24)21(13)17-20-19-8-26-17/h1-8,13,23H. The summed E-state index contributed by atoms with van der Waals surface area (Å²) in [6.07, 6.45) is 1.36. The van der Waals surface area contributed by atoms with Gasteiger partial charge in [0.05, 0.1) is 17.9 Å². The smallest absolute Gasteiger partial charge is 0.296 e. The van der Waals surface area contributed by atoms with Gasteiger partial charge in [0, 0.05) is 4.47 Å². The molecule has 1 atom stereocenters. The zero-order chi connectivity index (χ0) is 18.3. The van der Waals surface area contributed by atoms with Crippen molar-refractivity contribution < 1.29 is 19.1 Å². The predicted molar refractivity (Wildman–Crippen MR) is 97.0 cm³/mol. The quantitative estimate of drug-likeness (QED) is 0.632. The first-order valence-corrected chi connectivity index (χ1v) is 9.11. The van der Waals surface area contributed by atoms with Crippen molar-refractivity contribution in [2.24, 2.45) is 0 Å². The van der Waals surface area contributed by atoms with Crippen molar-refractivity contribution in [3.63, 3.8) is 0 Å². The number of ketones is 1. The van der Waals surface area contributed by atoms with E-state index in [1.54, 1.807) is 30.3 Å². The molecule has 0 bridgehead atoms. The van der Waals surface area contributed by atoms with E-state index in [0.717, 1.165) is 15.8 Å². The molecule has 3 aromatic rings. The zero-order valence-corrected chi connectivity index (χ0v) is 15.4. The van der Waals surface area contributed by atoms with E-state index in [-0.39, 0.29) is 16.5 Å². The van der Waals surface area contributed by atoms with Gasteiger partial charge in [0.15, 0.2) is 11.5 Å². The lowest BCUT2D eigenvalue weighted by Crippen LogP contribution is -2.31. The SMILES string of the molecule is O=C(C1=C(O)C(=O)N(c2nncs2)C1c1ccc(Br)cc1)c1ccco1. The average Bonchev–Trinajstić information content (AvgIpc) is 3.38. The summed E-state index contributed by atoms with van der Waals surface area (Å²) in [4.78, 5) is 26.9. The van der Waals surface area contributed by atoms with Gasteiger partial charge in [0.25, 0.3) is 5.91 Å². The number of aliphatic hydroxyl groups is 1. The molecule has 1 aromatic carbocycles. The second-order valence-electron chi connectivity index (χ2n) is 5.42. The van der Waals surface area contributed by atoms with Crippen LogP contribution in [0.2, 0.25) is 0 Å². The lowest BCUT2D eigenvalue weighted by molar-refractivity contribution is -0.117. The maximum atomic E-state index is 12.9. The number of hydrogen-bond acceptors (Lipinski definition) is 7. The van der Waals surface area contributed by atoms with Crippen molar-refractivity contribution in [2.75, 3.05) is 4.90 Å². The van der Waals surface area contributed by atoms with Crippen LogP contribution >= 0.6 is 27.3 Å². The van der Waals surface area contributed by atoms with Crippen molar-refractivity contribution in [1.82, 2.24) is 10.2 Å². The molecule has 1 aliphatic rings. The number of amides is 1. The summed E-state index contributed by atoms with van der Waals surface area (Å²) in [7, 11) is 0. The van der Waals surface area contributed by atoms with Gasteiger partial charge in [-0.1, -0.05) is 39.4 Å². The van der Waals surface area contributed by atoms with Gasteiger partial charge in [0.2, 0.25) is 10.9 Å². The molecule has 4 rings (SSSR count). The molecule has 7 nitrogen and oxygen atoms in total. The molecule has 9 heteroatoms. The minimum Gasteiger partial charge on any atom is -0.503 e. The predicted octanol–water partition coefficient (Wildman–Crippen LogP) is 3.68. The Kier molecular flexibility index (Phi) is 4.17. The molecular formula is C17H10BrN3O4S. The second-order valence-corrected chi connectivity index (χ2v) is 7.15. The van der Waals surface area contributed by atoms with Crippen molar-refractivity contribution in [2.45, 2.75) is 6.04 Å². The summed E-state index contributed by atoms with van der Waals surface area (Å²) in [6.45, 7) is 0. The van der Waals surface area contributed by atoms with E-state index in [1.807, 2.05) is 0 Å². The number of carbonyl (C=O) groups is 2. The van der Waals surface area contributed by atoms with E-state index in [0.29, 0.717) is 5.56 Å². The van der Waals surface area contributed by atoms with E-state index in [2.05, 4.69) is 26.1 Å². The number of carbonyl (C=O) groups excluding carboxylic acids is 2. The minimum absolute atomic E-state index is 0.0422. The summed E-state index contributed by atoms with van der Waals surface area (Å²) >= 11 is 4.50. The fourth-order valence-electron chi connectivity index (χ4n) is 2.81. The molecular weight excluding hydrogens is 422 g/mol. The number of hydrogen-bond donors (Lipinski definition) is 1. The van der Waals surface area contributed by atoms with E-state index in [4.69, 9.17) is 4.42 Å². The van der Waals surface area contributed by atoms with Crippen LogP contribution in [-0.4, -0.2) is 27.0 Å². The number of halogens is 1. The molecule has 130 valence electrons. The maximum Gasteiger partial charge on any atom is 0.296 e. The molecule has 2 aromatic heterocycles. The molecule has 3 heterocycles. The first-order chi connectivity index (χ1) is 12.6. The summed E-state index contributed by atoms with van der Waals surface area (Å²) in [5.41, 5.74) is 2.07. The van der Waals surface area contributed by atoms with Gasteiger partial charge in [0.1, 0.15) is 5.51 Å². The molecule has 0 radical (unpaired) electrons. The van der Waals surface area contributed by atoms with E-state index < -0.39 is 23.5 Å². The van der Waals surface area contributed by atoms with Crippen LogP contribution in [0, 0.1) is 0 Å². The Hall–Kier alpha value is -2.78. The molecule has 0 fully saturated rings. The zero-order valence-electron chi connectivity index (χ0n) is 13.0. The number of anilines is 1. The number of nitrogens with zero attached hydrogens (tertiary/aromatic N) is 3. The number of benzene rings is 1. The van der Waals surface area contributed by atoms with Gasteiger partial charge in [-0.3, -0.25) is 14.5 Å². The first kappa shape index (κ1) is 16.7. The highest BCUT2D eigenvalue weighted by Gasteiger charge is 2.46. The fraction of sp³-hybridized carbons (Fsp3) is 0.0588. The Morgan fingerprint density at radius 2 is 2.04 bits per heavy atom. The lowest BCUT2D eigenvalue weighted by atomic mass is 9.95. The first-order valence-electron chi connectivity index (χ1n) is 7.44. The van der Waals surface area contributed by atoms with Crippen LogP contribution in [0.1, 0.15) is 22.2 Å². The normalized spacial score (nSPS) is 17.2. The van der Waals surface area contributed by atoms with Crippen LogP contribution < -0.4 is 4.90 Å². The molecule has 0 saturated heterocycles. The molecule has 1 amide bonds. The molecule has 0 aliphatic carbocycles. The monoisotopic (exact) mass is 431 g/mol. The van der Waals surface area contributed by atoms with Gasteiger partial charge < -0.3 is 9.52 Å². The number of Topliss-reactive ketones (excluding diaryl/α,β-unsaturated/α-hetero) is 1. The highest BCUT2D eigenvalue weighted by molar-refractivity contribution is 9.10. The summed E-state index contributed by atoms with van der Waals surface area (Å²) < 4.78 is 6.01. The highest BCUT2D eigenvalue weighted by atomic mass is 79.9. The summed E-state index contributed by atoms with van der Waals surface area (Å²) in [5.74, 6) is -1.83. The number of rotatable bonds is 4. The van der Waals surface area contributed by atoms with Gasteiger partial charge in [-0.05, 0) is 29.8 Å². The minimum atomic E-state index is -0.832. The third-order valence-electron chi connectivity index (χ3n) is 3.94. The average molecular weight is 432 g/mol. The van der Waals surface area contributed by atoms with E-state index in [9.17, 15) is 14.7 Å². The topological polar surface area (TPSA) is 96.5 Å². The van der Waals surface area contributed by atoms with Crippen molar-refractivity contribution in [3.05, 3.63) is 75.3 Å². The number of furan rings is 1. The lowest BCUT2D eigenvalue weighted by Gasteiger charge is -2.23. The van der Waals surface area contributed by atoms with Crippen LogP contribution in [0.25, 0.3) is 0 Å². The Labute approximate surface area is 159 Å². The molecule has 0 saturated carbocycles. The Morgan fingerprint density at radius 3 is 2.65 bits per heavy atom. The van der Waals surface area contributed by atoms with Gasteiger partial charge in [-0.2, -0.15) is 0 Å². The van der Waals surface area contributed by atoms with E-state index in [1.165, 1.54) is 22.7 Å². The molecule has 1 unspecified atom stereocenters. The van der Waals surface area contributed by atoms with Gasteiger partial charge >= 0.3 is 0 Å². The van der Waals surface area contributed by atoms with Crippen LogP contribution in [0.3, 0.4) is 0 Å². The van der Waals surface area contributed by atoms with Crippen LogP contribution in [-0.2, 0) is 4.79 Å². The maximum absolute atomic E-state index is 12.9. The summed E-state index contributed by atoms with van der Waals surface area (Å²) in [6, 6.07) is 9.35. The molecule has 1 aliphatic heterocycles. The van der Waals surface area contributed by atoms with Crippen LogP contribution in [0.5, 0.6) is 0 Å². The number of aromatic nitrogens is 2. The highest BCUT2D eigenvalue weighted by Crippen LogP contribution is 2.42. The van der Waals surface area contributed by atoms with Gasteiger partial charge in [-0.15, -0.1) is 10.2 Å². The van der Waals surface area contributed by atoms with Crippen molar-refractivity contribution in [1.29, 1.82) is 0 Å². The Bertz CT molecular complexity index is 997. The van der Waals surface area contributed by atoms with E-state index >= 15 is 0 Å². The van der Waals surface area contributed by atoms with Crippen molar-refractivity contribution >= 4 is 44.1 Å². The number of aliphatic hydroxyl groups excluding tert-OH is 1. The third-order valence-corrected chi connectivity index (χ3v) is 5.16. The Morgan fingerprint density at radius 1 is 1.27 bits per heavy atom. The molecule has 0 spiro atoms. The van der Waals surface area contributed by atoms with Crippen LogP contribution in [0.15, 0.2) is 68.4 Å². The second kappa shape index (κ2) is 6.50. The van der Waals surface area contributed by atoms with Crippen molar-refractivity contribution in [3.8, 4) is 0 Å². The Balaban J connectivity index is 1.88. The fourth-order valence-corrected chi connectivity index (χ4v) is 3.66. The molecule has 26 heavy (non-hydrogen) atoms. The summed E-state index contributed by atoms with van der Waals surface area (Å²) in [5, 5.41) is 18.4. The largest absolute Gasteiger partial charge is 0.503 e. The third kappa shape index (κ3) is 2.65.